The molecule has 0 aliphatic carbocycles. The van der Waals surface area contributed by atoms with Crippen molar-refractivity contribution >= 4 is 5.91 Å². The molecular formula is C13H23N5O2. The lowest BCUT2D eigenvalue weighted by Gasteiger charge is -2.26. The SMILES string of the molecule is CC1(C)CC(n2cc(CNC(=O)CN)nn2)C(C)(C)O1. The molecule has 2 heterocycles. The van der Waals surface area contributed by atoms with Crippen molar-refractivity contribution in [1.29, 1.82) is 0 Å². The minimum atomic E-state index is -0.297. The Labute approximate surface area is 118 Å². The molecule has 0 saturated carbocycles. The Hall–Kier alpha value is -1.47. The molecule has 0 spiro atoms. The molecule has 1 amide bonds. The molecule has 112 valence electrons. The van der Waals surface area contributed by atoms with Gasteiger partial charge in [0.25, 0.3) is 0 Å². The van der Waals surface area contributed by atoms with Crippen LogP contribution in [0, 0.1) is 0 Å². The van der Waals surface area contributed by atoms with Gasteiger partial charge in [-0.05, 0) is 27.7 Å². The molecule has 7 nitrogen and oxygen atoms in total. The van der Waals surface area contributed by atoms with Crippen molar-refractivity contribution in [2.24, 2.45) is 5.73 Å². The number of rotatable bonds is 4. The first-order valence-electron chi connectivity index (χ1n) is 6.81. The predicted octanol–water partition coefficient (Wildman–Crippen LogP) is 0.372. The largest absolute Gasteiger partial charge is 0.367 e. The molecule has 3 N–H and O–H groups in total. The van der Waals surface area contributed by atoms with Crippen LogP contribution in [0.3, 0.4) is 0 Å². The maximum atomic E-state index is 11.1. The van der Waals surface area contributed by atoms with Crippen LogP contribution in [-0.2, 0) is 16.1 Å². The minimum Gasteiger partial charge on any atom is -0.367 e. The lowest BCUT2D eigenvalue weighted by atomic mass is 9.95. The van der Waals surface area contributed by atoms with E-state index in [1.165, 1.54) is 0 Å². The molecule has 0 aromatic carbocycles. The van der Waals surface area contributed by atoms with Crippen LogP contribution in [0.1, 0.15) is 45.9 Å². The fraction of sp³-hybridized carbons (Fsp3) is 0.769. The van der Waals surface area contributed by atoms with Gasteiger partial charge >= 0.3 is 0 Å². The number of carbonyl (C=O) groups excluding carboxylic acids is 1. The summed E-state index contributed by atoms with van der Waals surface area (Å²) in [6.07, 6.45) is 2.73. The average molecular weight is 281 g/mol. The lowest BCUT2D eigenvalue weighted by Crippen LogP contribution is -2.31. The summed E-state index contributed by atoms with van der Waals surface area (Å²) in [4.78, 5) is 11.1. The lowest BCUT2D eigenvalue weighted by molar-refractivity contribution is -0.119. The second-order valence-electron chi connectivity index (χ2n) is 6.36. The minimum absolute atomic E-state index is 0.0220. The van der Waals surface area contributed by atoms with Gasteiger partial charge in [0.05, 0.1) is 36.5 Å². The number of amides is 1. The van der Waals surface area contributed by atoms with Crippen molar-refractivity contribution in [3.8, 4) is 0 Å². The van der Waals surface area contributed by atoms with E-state index in [1.807, 2.05) is 10.9 Å². The number of aromatic nitrogens is 3. The molecule has 0 radical (unpaired) electrons. The summed E-state index contributed by atoms with van der Waals surface area (Å²) in [6.45, 7) is 8.59. The zero-order valence-corrected chi connectivity index (χ0v) is 12.5. The van der Waals surface area contributed by atoms with Crippen LogP contribution in [0.25, 0.3) is 0 Å². The molecule has 1 saturated heterocycles. The predicted molar refractivity (Wildman–Crippen MR) is 73.8 cm³/mol. The maximum Gasteiger partial charge on any atom is 0.234 e. The summed E-state index contributed by atoms with van der Waals surface area (Å²) in [5.41, 5.74) is 5.48. The monoisotopic (exact) mass is 281 g/mol. The molecule has 7 heteroatoms. The molecule has 1 aromatic heterocycles. The second-order valence-corrected chi connectivity index (χ2v) is 6.36. The standard InChI is InChI=1S/C13H23N5O2/c1-12(2)5-10(13(3,4)20-12)18-8-9(16-17-18)7-15-11(19)6-14/h8,10H,5-7,14H2,1-4H3,(H,15,19). The molecular weight excluding hydrogens is 258 g/mol. The Morgan fingerprint density at radius 3 is 2.80 bits per heavy atom. The van der Waals surface area contributed by atoms with E-state index < -0.39 is 0 Å². The van der Waals surface area contributed by atoms with Gasteiger partial charge in [0.15, 0.2) is 0 Å². The first-order chi connectivity index (χ1) is 9.23. The molecule has 2 rings (SSSR count). The third-order valence-corrected chi connectivity index (χ3v) is 3.56. The normalized spacial score (nSPS) is 23.8. The number of hydrogen-bond acceptors (Lipinski definition) is 5. The zero-order valence-electron chi connectivity index (χ0n) is 12.5. The van der Waals surface area contributed by atoms with Gasteiger partial charge < -0.3 is 15.8 Å². The molecule has 1 fully saturated rings. The number of nitrogens with one attached hydrogen (secondary N) is 1. The smallest absolute Gasteiger partial charge is 0.234 e. The van der Waals surface area contributed by atoms with E-state index in [-0.39, 0.29) is 29.7 Å². The first kappa shape index (κ1) is 14.9. The number of nitrogens with zero attached hydrogens (tertiary/aromatic N) is 3. The molecule has 1 aromatic rings. The van der Waals surface area contributed by atoms with Crippen LogP contribution in [-0.4, -0.2) is 38.6 Å². The van der Waals surface area contributed by atoms with Crippen LogP contribution < -0.4 is 11.1 Å². The average Bonchev–Trinajstić information content (AvgIpc) is 2.87. The van der Waals surface area contributed by atoms with E-state index in [4.69, 9.17) is 10.5 Å². The molecule has 20 heavy (non-hydrogen) atoms. The van der Waals surface area contributed by atoms with Crippen molar-refractivity contribution < 1.29 is 9.53 Å². The summed E-state index contributed by atoms with van der Waals surface area (Å²) in [5, 5.41) is 10.9. The van der Waals surface area contributed by atoms with Crippen LogP contribution in [0.2, 0.25) is 0 Å². The van der Waals surface area contributed by atoms with Crippen molar-refractivity contribution in [3.63, 3.8) is 0 Å². The Bertz CT molecular complexity index is 495. The van der Waals surface area contributed by atoms with Gasteiger partial charge in [-0.25, -0.2) is 4.68 Å². The van der Waals surface area contributed by atoms with E-state index in [2.05, 4.69) is 43.3 Å². The summed E-state index contributed by atoms with van der Waals surface area (Å²) >= 11 is 0. The van der Waals surface area contributed by atoms with Gasteiger partial charge in [-0.2, -0.15) is 0 Å². The van der Waals surface area contributed by atoms with E-state index in [1.54, 1.807) is 0 Å². The Morgan fingerprint density at radius 2 is 2.25 bits per heavy atom. The van der Waals surface area contributed by atoms with Gasteiger partial charge in [-0.3, -0.25) is 4.79 Å². The van der Waals surface area contributed by atoms with Crippen molar-refractivity contribution in [2.75, 3.05) is 6.54 Å². The fourth-order valence-electron chi connectivity index (χ4n) is 2.75. The van der Waals surface area contributed by atoms with Gasteiger partial charge in [0.1, 0.15) is 5.69 Å². The van der Waals surface area contributed by atoms with E-state index in [9.17, 15) is 4.79 Å². The number of ether oxygens (including phenoxy) is 1. The highest BCUT2D eigenvalue weighted by atomic mass is 16.5. The van der Waals surface area contributed by atoms with Gasteiger partial charge in [-0.15, -0.1) is 5.10 Å². The van der Waals surface area contributed by atoms with Gasteiger partial charge in [0.2, 0.25) is 5.91 Å². The summed E-state index contributed by atoms with van der Waals surface area (Å²) in [5.74, 6) is -0.204. The fourth-order valence-corrected chi connectivity index (χ4v) is 2.75. The Morgan fingerprint density at radius 1 is 1.55 bits per heavy atom. The van der Waals surface area contributed by atoms with E-state index in [0.29, 0.717) is 12.2 Å². The number of hydrogen-bond donors (Lipinski definition) is 2. The highest BCUT2D eigenvalue weighted by Gasteiger charge is 2.47. The third-order valence-electron chi connectivity index (χ3n) is 3.56. The maximum absolute atomic E-state index is 11.1. The molecule has 0 bridgehead atoms. The topological polar surface area (TPSA) is 95.1 Å². The van der Waals surface area contributed by atoms with Crippen LogP contribution >= 0.6 is 0 Å². The summed E-state index contributed by atoms with van der Waals surface area (Å²) in [6, 6.07) is 0.129. The highest BCUT2D eigenvalue weighted by molar-refractivity contribution is 5.77. The second kappa shape index (κ2) is 5.14. The molecule has 1 aliphatic rings. The van der Waals surface area contributed by atoms with Crippen LogP contribution in [0.15, 0.2) is 6.20 Å². The van der Waals surface area contributed by atoms with Gasteiger partial charge in [-0.1, -0.05) is 5.21 Å². The summed E-state index contributed by atoms with van der Waals surface area (Å²) < 4.78 is 7.89. The Balaban J connectivity index is 2.07. The zero-order chi connectivity index (χ0) is 15.0. The third kappa shape index (κ3) is 3.16. The van der Waals surface area contributed by atoms with Crippen molar-refractivity contribution in [1.82, 2.24) is 20.3 Å². The quantitative estimate of drug-likeness (QED) is 0.831. The number of nitrogens with two attached hydrogens (primary N) is 1. The Kier molecular flexibility index (Phi) is 3.84. The summed E-state index contributed by atoms with van der Waals surface area (Å²) in [7, 11) is 0. The van der Waals surface area contributed by atoms with Crippen LogP contribution in [0.5, 0.6) is 0 Å². The highest BCUT2D eigenvalue weighted by Crippen LogP contribution is 2.44. The number of carbonyl (C=O) groups is 1. The molecule has 1 aliphatic heterocycles. The van der Waals surface area contributed by atoms with E-state index in [0.717, 1.165) is 6.42 Å². The van der Waals surface area contributed by atoms with Gasteiger partial charge in [0, 0.05) is 6.42 Å². The molecule has 1 atom stereocenters. The van der Waals surface area contributed by atoms with Crippen molar-refractivity contribution in [3.05, 3.63) is 11.9 Å². The van der Waals surface area contributed by atoms with E-state index >= 15 is 0 Å². The van der Waals surface area contributed by atoms with Crippen molar-refractivity contribution in [2.45, 2.75) is 57.9 Å². The first-order valence-corrected chi connectivity index (χ1v) is 6.81. The van der Waals surface area contributed by atoms with Crippen LogP contribution in [0.4, 0.5) is 0 Å². The molecule has 1 unspecified atom stereocenters.